The van der Waals surface area contributed by atoms with Gasteiger partial charge in [0.1, 0.15) is 0 Å². The van der Waals surface area contributed by atoms with E-state index in [9.17, 15) is 0 Å². The molecule has 1 N–H and O–H groups in total. The first kappa shape index (κ1) is 7.91. The van der Waals surface area contributed by atoms with Crippen molar-refractivity contribution < 1.29 is 0 Å². The normalized spacial score (nSPS) is 10.3. The summed E-state index contributed by atoms with van der Waals surface area (Å²) in [7, 11) is 0. The summed E-state index contributed by atoms with van der Waals surface area (Å²) < 4.78 is 0. The molecule has 0 spiro atoms. The van der Waals surface area contributed by atoms with E-state index in [0.29, 0.717) is 0 Å². The molecule has 0 fully saturated rings. The molecule has 13 heavy (non-hydrogen) atoms. The van der Waals surface area contributed by atoms with Crippen LogP contribution in [-0.4, -0.2) is 20.4 Å². The number of aryl methyl sites for hydroxylation is 1. The van der Waals surface area contributed by atoms with Gasteiger partial charge in [0.2, 0.25) is 0 Å². The predicted molar refractivity (Wildman–Crippen MR) is 49.1 cm³/mol. The Morgan fingerprint density at radius 2 is 2.08 bits per heavy atom. The van der Waals surface area contributed by atoms with Crippen molar-refractivity contribution in [1.82, 2.24) is 20.4 Å². The number of aromatic nitrogens is 4. The lowest BCUT2D eigenvalue weighted by Gasteiger charge is -2.02. The highest BCUT2D eigenvalue weighted by Crippen LogP contribution is 2.20. The van der Waals surface area contributed by atoms with Crippen molar-refractivity contribution in [3.63, 3.8) is 0 Å². The van der Waals surface area contributed by atoms with E-state index < -0.39 is 0 Å². The molecule has 0 bridgehead atoms. The molecule has 0 aliphatic carbocycles. The summed E-state index contributed by atoms with van der Waals surface area (Å²) in [6.45, 7) is 4.06. The van der Waals surface area contributed by atoms with Crippen LogP contribution >= 0.6 is 0 Å². The largest absolute Gasteiger partial charge is 0.285 e. The predicted octanol–water partition coefficient (Wildman–Crippen LogP) is 1.48. The zero-order chi connectivity index (χ0) is 9.26. The van der Waals surface area contributed by atoms with Gasteiger partial charge >= 0.3 is 0 Å². The highest BCUT2D eigenvalue weighted by atomic mass is 15.1. The van der Waals surface area contributed by atoms with E-state index in [1.807, 2.05) is 20.0 Å². The minimum absolute atomic E-state index is 0.897. The molecule has 2 aromatic heterocycles. The first-order valence-electron chi connectivity index (χ1n) is 4.07. The van der Waals surface area contributed by atoms with Crippen molar-refractivity contribution in [1.29, 1.82) is 0 Å². The number of hydrogen-bond donors (Lipinski definition) is 1. The molecule has 0 saturated heterocycles. The minimum atomic E-state index is 0.897. The fraction of sp³-hybridized carbons (Fsp3) is 0.222. The molecular weight excluding hydrogens is 164 g/mol. The lowest BCUT2D eigenvalue weighted by Crippen LogP contribution is -1.93. The third-order valence-corrected chi connectivity index (χ3v) is 2.13. The molecule has 0 radical (unpaired) electrons. The maximum absolute atomic E-state index is 4.07. The summed E-state index contributed by atoms with van der Waals surface area (Å²) in [4.78, 5) is 0. The molecule has 0 atom stereocenters. The Labute approximate surface area is 76.0 Å². The standard InChI is InChI=1S/C9H10N4/c1-6-3-12-13-9(7(6)2)8-4-10-11-5-8/h3-5H,1-2H3,(H,10,11). The van der Waals surface area contributed by atoms with Crippen LogP contribution in [0.25, 0.3) is 11.3 Å². The molecule has 2 aromatic rings. The SMILES string of the molecule is Cc1cnnc(-c2cn[nH]c2)c1C. The third kappa shape index (κ3) is 1.30. The summed E-state index contributed by atoms with van der Waals surface area (Å²) in [5, 5.41) is 14.6. The maximum Gasteiger partial charge on any atom is 0.0992 e. The number of aromatic amines is 1. The van der Waals surface area contributed by atoms with Gasteiger partial charge in [-0.1, -0.05) is 0 Å². The molecule has 2 rings (SSSR count). The summed E-state index contributed by atoms with van der Waals surface area (Å²) in [6, 6.07) is 0. The van der Waals surface area contributed by atoms with Gasteiger partial charge in [0.05, 0.1) is 18.1 Å². The Hall–Kier alpha value is -1.71. The monoisotopic (exact) mass is 174 g/mol. The summed E-state index contributed by atoms with van der Waals surface area (Å²) in [6.07, 6.45) is 5.33. The molecule has 66 valence electrons. The van der Waals surface area contributed by atoms with Crippen LogP contribution < -0.4 is 0 Å². The number of nitrogens with one attached hydrogen (secondary N) is 1. The quantitative estimate of drug-likeness (QED) is 0.712. The van der Waals surface area contributed by atoms with Gasteiger partial charge in [0, 0.05) is 11.8 Å². The van der Waals surface area contributed by atoms with Crippen LogP contribution in [0.5, 0.6) is 0 Å². The van der Waals surface area contributed by atoms with Gasteiger partial charge in [0.15, 0.2) is 0 Å². The smallest absolute Gasteiger partial charge is 0.0992 e. The molecule has 0 amide bonds. The highest BCUT2D eigenvalue weighted by Gasteiger charge is 2.06. The molecule has 2 heterocycles. The van der Waals surface area contributed by atoms with Crippen molar-refractivity contribution in [2.24, 2.45) is 0 Å². The fourth-order valence-electron chi connectivity index (χ4n) is 1.19. The maximum atomic E-state index is 4.07. The van der Waals surface area contributed by atoms with Crippen LogP contribution in [0, 0.1) is 13.8 Å². The van der Waals surface area contributed by atoms with Gasteiger partial charge in [-0.2, -0.15) is 15.3 Å². The van der Waals surface area contributed by atoms with Crippen molar-refractivity contribution in [3.05, 3.63) is 29.7 Å². The minimum Gasteiger partial charge on any atom is -0.285 e. The van der Waals surface area contributed by atoms with Crippen LogP contribution in [0.4, 0.5) is 0 Å². The Morgan fingerprint density at radius 1 is 1.23 bits per heavy atom. The lowest BCUT2D eigenvalue weighted by molar-refractivity contribution is 1.00. The van der Waals surface area contributed by atoms with Gasteiger partial charge in [-0.3, -0.25) is 5.10 Å². The van der Waals surface area contributed by atoms with E-state index in [-0.39, 0.29) is 0 Å². The molecule has 0 aromatic carbocycles. The highest BCUT2D eigenvalue weighted by molar-refractivity contribution is 5.61. The fourth-order valence-corrected chi connectivity index (χ4v) is 1.19. The first-order valence-corrected chi connectivity index (χ1v) is 4.07. The lowest BCUT2D eigenvalue weighted by atomic mass is 10.1. The van der Waals surface area contributed by atoms with E-state index in [1.54, 1.807) is 12.4 Å². The van der Waals surface area contributed by atoms with Crippen LogP contribution in [-0.2, 0) is 0 Å². The average molecular weight is 174 g/mol. The summed E-state index contributed by atoms with van der Waals surface area (Å²) in [5.74, 6) is 0. The van der Waals surface area contributed by atoms with Crippen LogP contribution in [0.1, 0.15) is 11.1 Å². The van der Waals surface area contributed by atoms with Gasteiger partial charge in [-0.25, -0.2) is 0 Å². The molecule has 0 aliphatic rings. The molecule has 0 aliphatic heterocycles. The second-order valence-corrected chi connectivity index (χ2v) is 2.99. The van der Waals surface area contributed by atoms with Crippen LogP contribution in [0.3, 0.4) is 0 Å². The molecule has 0 saturated carbocycles. The van der Waals surface area contributed by atoms with E-state index >= 15 is 0 Å². The van der Waals surface area contributed by atoms with Crippen molar-refractivity contribution in [3.8, 4) is 11.3 Å². The van der Waals surface area contributed by atoms with Gasteiger partial charge in [-0.15, -0.1) is 0 Å². The van der Waals surface area contributed by atoms with E-state index in [1.165, 1.54) is 0 Å². The van der Waals surface area contributed by atoms with Crippen LogP contribution in [0.2, 0.25) is 0 Å². The Kier molecular flexibility index (Phi) is 1.81. The number of rotatable bonds is 1. The Balaban J connectivity index is 2.59. The van der Waals surface area contributed by atoms with E-state index in [2.05, 4.69) is 20.4 Å². The molecular formula is C9H10N4. The van der Waals surface area contributed by atoms with Gasteiger partial charge < -0.3 is 0 Å². The topological polar surface area (TPSA) is 54.5 Å². The Bertz CT molecular complexity index is 406. The second kappa shape index (κ2) is 2.97. The van der Waals surface area contributed by atoms with Crippen molar-refractivity contribution >= 4 is 0 Å². The number of H-pyrrole nitrogens is 1. The molecule has 4 nitrogen and oxygen atoms in total. The van der Waals surface area contributed by atoms with Gasteiger partial charge in [0.25, 0.3) is 0 Å². The zero-order valence-electron chi connectivity index (χ0n) is 7.57. The average Bonchev–Trinajstić information content (AvgIpc) is 2.62. The first-order chi connectivity index (χ1) is 6.29. The van der Waals surface area contributed by atoms with Crippen molar-refractivity contribution in [2.75, 3.05) is 0 Å². The van der Waals surface area contributed by atoms with E-state index in [0.717, 1.165) is 22.4 Å². The van der Waals surface area contributed by atoms with Crippen molar-refractivity contribution in [2.45, 2.75) is 13.8 Å². The zero-order valence-corrected chi connectivity index (χ0v) is 7.57. The molecule has 4 heteroatoms. The second-order valence-electron chi connectivity index (χ2n) is 2.99. The summed E-state index contributed by atoms with van der Waals surface area (Å²) in [5.41, 5.74) is 4.17. The Morgan fingerprint density at radius 3 is 2.77 bits per heavy atom. The third-order valence-electron chi connectivity index (χ3n) is 2.13. The summed E-state index contributed by atoms with van der Waals surface area (Å²) >= 11 is 0. The van der Waals surface area contributed by atoms with Gasteiger partial charge in [-0.05, 0) is 25.0 Å². The molecule has 0 unspecified atom stereocenters. The number of hydrogen-bond acceptors (Lipinski definition) is 3. The number of nitrogens with zero attached hydrogens (tertiary/aromatic N) is 3. The van der Waals surface area contributed by atoms with Crippen LogP contribution in [0.15, 0.2) is 18.6 Å². The van der Waals surface area contributed by atoms with E-state index in [4.69, 9.17) is 0 Å².